The first kappa shape index (κ1) is 30.3. The van der Waals surface area contributed by atoms with Crippen molar-refractivity contribution >= 4 is 22.7 Å². The number of benzene rings is 7. The fourth-order valence-electron chi connectivity index (χ4n) is 8.99. The lowest BCUT2D eigenvalue weighted by atomic mass is 9.67. The van der Waals surface area contributed by atoms with Crippen LogP contribution in [0.15, 0.2) is 182 Å². The Morgan fingerprint density at radius 1 is 0.538 bits per heavy atom. The topological polar surface area (TPSA) is 28.8 Å². The predicted octanol–water partition coefficient (Wildman–Crippen LogP) is 12.0. The lowest BCUT2D eigenvalue weighted by Gasteiger charge is -2.34. The van der Waals surface area contributed by atoms with Gasteiger partial charge in [-0.15, -0.1) is 0 Å². The van der Waals surface area contributed by atoms with E-state index in [1.165, 1.54) is 66.8 Å². The monoisotopic (exact) mass is 664 g/mol. The molecule has 0 saturated carbocycles. The van der Waals surface area contributed by atoms with Gasteiger partial charge < -0.3 is 4.57 Å². The van der Waals surface area contributed by atoms with Crippen LogP contribution in [0, 0.1) is 5.41 Å². The van der Waals surface area contributed by atoms with E-state index < -0.39 is 5.41 Å². The number of aromatic nitrogens is 1. The third-order valence-electron chi connectivity index (χ3n) is 11.2. The van der Waals surface area contributed by atoms with Crippen LogP contribution in [0.3, 0.4) is 0 Å². The molecule has 2 aliphatic carbocycles. The third-order valence-corrected chi connectivity index (χ3v) is 11.2. The van der Waals surface area contributed by atoms with Crippen molar-refractivity contribution in [3.05, 3.63) is 227 Å². The van der Waals surface area contributed by atoms with Crippen molar-refractivity contribution in [1.82, 2.24) is 4.57 Å². The van der Waals surface area contributed by atoms with Gasteiger partial charge in [0.1, 0.15) is 0 Å². The summed E-state index contributed by atoms with van der Waals surface area (Å²) in [5, 5.41) is 10.7. The maximum atomic E-state index is 9.47. The Labute approximate surface area is 304 Å². The number of fused-ring (bicyclic) bond motifs is 6. The molecule has 0 unspecified atom stereocenters. The van der Waals surface area contributed by atoms with Crippen LogP contribution >= 0.6 is 0 Å². The molecule has 2 aliphatic rings. The highest BCUT2D eigenvalue weighted by Crippen LogP contribution is 2.56. The van der Waals surface area contributed by atoms with Crippen LogP contribution in [0.1, 0.15) is 51.1 Å². The number of para-hydroxylation sites is 1. The van der Waals surface area contributed by atoms with Gasteiger partial charge in [0.2, 0.25) is 0 Å². The van der Waals surface area contributed by atoms with E-state index in [0.717, 1.165) is 29.5 Å². The maximum Gasteiger partial charge on any atom is 0.0713 e. The Morgan fingerprint density at radius 2 is 1.15 bits per heavy atom. The number of hydrogen-bond donors (Lipinski definition) is 1. The Bertz CT molecular complexity index is 2630. The first-order chi connectivity index (χ1) is 25.7. The Hall–Kier alpha value is -6.51. The molecule has 8 aromatic rings. The normalized spacial score (nSPS) is 13.8. The molecule has 0 saturated heterocycles. The van der Waals surface area contributed by atoms with Crippen LogP contribution < -0.4 is 0 Å². The molecule has 52 heavy (non-hydrogen) atoms. The van der Waals surface area contributed by atoms with Crippen molar-refractivity contribution in [2.45, 2.75) is 18.3 Å². The molecule has 7 aromatic carbocycles. The summed E-state index contributed by atoms with van der Waals surface area (Å²) in [4.78, 5) is 0. The van der Waals surface area contributed by atoms with Gasteiger partial charge in [-0.25, -0.2) is 0 Å². The number of allylic oxidation sites excluding steroid dienone is 1. The fourth-order valence-corrected chi connectivity index (χ4v) is 8.99. The molecule has 1 N–H and O–H groups in total. The van der Waals surface area contributed by atoms with Gasteiger partial charge >= 0.3 is 0 Å². The minimum Gasteiger partial charge on any atom is -0.313 e. The Balaban J connectivity index is 1.06. The Kier molecular flexibility index (Phi) is 7.04. The average molecular weight is 665 g/mol. The second kappa shape index (κ2) is 12.1. The summed E-state index contributed by atoms with van der Waals surface area (Å²) in [5.74, 6) is 0. The van der Waals surface area contributed by atoms with Crippen LogP contribution in [0.2, 0.25) is 0 Å². The smallest absolute Gasteiger partial charge is 0.0713 e. The largest absolute Gasteiger partial charge is 0.313 e. The number of nitrogens with zero attached hydrogens (tertiary/aromatic N) is 1. The van der Waals surface area contributed by atoms with Crippen molar-refractivity contribution in [3.63, 3.8) is 0 Å². The van der Waals surface area contributed by atoms with Gasteiger partial charge in [0.25, 0.3) is 0 Å². The SMILES string of the molecule is N=C(c1ccc(C2(c3ccccc3)c3ccccc3-c3ccccc32)cc1)c1cccc(-c2cccc3c2c2c(n3-c3ccccc3)CCC=C2)c1. The van der Waals surface area contributed by atoms with Crippen LogP contribution in [-0.2, 0) is 11.8 Å². The standard InChI is InChI=1S/C50H36N2/c51-49(34-29-31-38(32-30-34)50(37-17-3-1-4-18-37)44-25-10-7-21-41(44)42-22-8-11-26-45(42)50)36-16-13-15-35(33-36)40-24-14-28-47-48(40)43-23-9-12-27-46(43)52(47)39-19-5-2-6-20-39/h1-11,13-26,28-33,51H,12,27H2. The molecule has 246 valence electrons. The number of hydrogen-bond acceptors (Lipinski definition) is 1. The van der Waals surface area contributed by atoms with Gasteiger partial charge in [0, 0.05) is 33.5 Å². The molecular weight excluding hydrogens is 629 g/mol. The van der Waals surface area contributed by atoms with Crippen molar-refractivity contribution < 1.29 is 0 Å². The zero-order valence-electron chi connectivity index (χ0n) is 28.8. The van der Waals surface area contributed by atoms with Gasteiger partial charge in [-0.1, -0.05) is 164 Å². The number of rotatable bonds is 6. The molecule has 0 amide bonds. The van der Waals surface area contributed by atoms with E-state index in [9.17, 15) is 5.41 Å². The van der Waals surface area contributed by atoms with Gasteiger partial charge in [0.05, 0.1) is 16.6 Å². The molecule has 1 aromatic heterocycles. The summed E-state index contributed by atoms with van der Waals surface area (Å²) >= 11 is 0. The van der Waals surface area contributed by atoms with E-state index in [1.807, 2.05) is 0 Å². The average Bonchev–Trinajstić information content (AvgIpc) is 3.73. The second-order valence-electron chi connectivity index (χ2n) is 13.9. The molecule has 0 spiro atoms. The summed E-state index contributed by atoms with van der Waals surface area (Å²) in [6.45, 7) is 0. The van der Waals surface area contributed by atoms with Crippen LogP contribution in [0.4, 0.5) is 0 Å². The van der Waals surface area contributed by atoms with E-state index in [0.29, 0.717) is 5.71 Å². The van der Waals surface area contributed by atoms with Crippen molar-refractivity contribution in [1.29, 1.82) is 5.41 Å². The van der Waals surface area contributed by atoms with Crippen molar-refractivity contribution in [3.8, 4) is 27.9 Å². The molecular formula is C50H36N2. The minimum absolute atomic E-state index is 0.447. The zero-order valence-corrected chi connectivity index (χ0v) is 28.8. The van der Waals surface area contributed by atoms with Crippen molar-refractivity contribution in [2.75, 3.05) is 0 Å². The zero-order chi connectivity index (χ0) is 34.6. The first-order valence-electron chi connectivity index (χ1n) is 18.2. The summed E-state index contributed by atoms with van der Waals surface area (Å²) in [7, 11) is 0. The van der Waals surface area contributed by atoms with E-state index in [4.69, 9.17) is 0 Å². The minimum atomic E-state index is -0.447. The van der Waals surface area contributed by atoms with Crippen LogP contribution in [0.25, 0.3) is 44.9 Å². The Morgan fingerprint density at radius 3 is 1.88 bits per heavy atom. The van der Waals surface area contributed by atoms with Crippen LogP contribution in [-0.4, -0.2) is 10.3 Å². The highest BCUT2D eigenvalue weighted by atomic mass is 15.0. The third kappa shape index (κ3) is 4.47. The molecule has 1 heterocycles. The highest BCUT2D eigenvalue weighted by Gasteiger charge is 2.45. The summed E-state index contributed by atoms with van der Waals surface area (Å²) in [6.07, 6.45) is 6.66. The lowest BCUT2D eigenvalue weighted by molar-refractivity contribution is 0.768. The molecule has 10 rings (SSSR count). The summed E-state index contributed by atoms with van der Waals surface area (Å²) in [6, 6.07) is 63.2. The van der Waals surface area contributed by atoms with Gasteiger partial charge in [-0.05, 0) is 81.6 Å². The molecule has 0 fully saturated rings. The first-order valence-corrected chi connectivity index (χ1v) is 18.2. The maximum absolute atomic E-state index is 9.47. The number of nitrogens with one attached hydrogen (secondary N) is 1. The van der Waals surface area contributed by atoms with Gasteiger partial charge in [-0.3, -0.25) is 5.41 Å². The van der Waals surface area contributed by atoms with E-state index >= 15 is 0 Å². The molecule has 0 atom stereocenters. The van der Waals surface area contributed by atoms with Crippen molar-refractivity contribution in [2.24, 2.45) is 0 Å². The fraction of sp³-hybridized carbons (Fsp3) is 0.0600. The molecule has 0 bridgehead atoms. The van der Waals surface area contributed by atoms with E-state index in [-0.39, 0.29) is 0 Å². The van der Waals surface area contributed by atoms with E-state index in [1.54, 1.807) is 0 Å². The quantitative estimate of drug-likeness (QED) is 0.171. The van der Waals surface area contributed by atoms with Crippen LogP contribution in [0.5, 0.6) is 0 Å². The van der Waals surface area contributed by atoms with E-state index in [2.05, 4.69) is 193 Å². The summed E-state index contributed by atoms with van der Waals surface area (Å²) in [5.41, 5.74) is 16.9. The summed E-state index contributed by atoms with van der Waals surface area (Å²) < 4.78 is 2.44. The molecule has 0 radical (unpaired) electrons. The molecule has 0 aliphatic heterocycles. The van der Waals surface area contributed by atoms with Gasteiger partial charge in [0.15, 0.2) is 0 Å². The highest BCUT2D eigenvalue weighted by molar-refractivity contribution is 6.12. The molecule has 2 heteroatoms. The van der Waals surface area contributed by atoms with Gasteiger partial charge in [-0.2, -0.15) is 0 Å². The lowest BCUT2D eigenvalue weighted by Crippen LogP contribution is -2.28. The second-order valence-corrected chi connectivity index (χ2v) is 13.9. The predicted molar refractivity (Wildman–Crippen MR) is 216 cm³/mol. The molecule has 2 nitrogen and oxygen atoms in total.